The van der Waals surface area contributed by atoms with Gasteiger partial charge >= 0.3 is 5.97 Å². The van der Waals surface area contributed by atoms with Crippen LogP contribution in [-0.2, 0) is 9.53 Å². The fraction of sp³-hybridized carbons (Fsp3) is 0.923. The van der Waals surface area contributed by atoms with E-state index in [9.17, 15) is 4.79 Å². The lowest BCUT2D eigenvalue weighted by atomic mass is 9.88. The van der Waals surface area contributed by atoms with Crippen molar-refractivity contribution in [3.8, 4) is 0 Å². The smallest absolute Gasteiger partial charge is 0.309 e. The molecule has 1 fully saturated rings. The van der Waals surface area contributed by atoms with E-state index in [0.29, 0.717) is 6.54 Å². The molecule has 0 saturated carbocycles. The molecule has 0 bridgehead atoms. The van der Waals surface area contributed by atoms with E-state index < -0.39 is 0 Å². The normalized spacial score (nSPS) is 22.5. The van der Waals surface area contributed by atoms with Gasteiger partial charge in [0, 0.05) is 6.54 Å². The monoisotopic (exact) mass is 242 g/mol. The van der Waals surface area contributed by atoms with E-state index in [1.165, 1.54) is 7.11 Å². The number of hydrogen-bond acceptors (Lipinski definition) is 4. The van der Waals surface area contributed by atoms with Crippen molar-refractivity contribution in [1.82, 2.24) is 4.90 Å². The largest absolute Gasteiger partial charge is 0.469 e. The summed E-state index contributed by atoms with van der Waals surface area (Å²) in [6.45, 7) is 8.05. The topological polar surface area (TPSA) is 55.6 Å². The van der Waals surface area contributed by atoms with Crippen molar-refractivity contribution < 1.29 is 9.53 Å². The van der Waals surface area contributed by atoms with Gasteiger partial charge in [0.15, 0.2) is 0 Å². The molecule has 0 amide bonds. The number of nitrogens with zero attached hydrogens (tertiary/aromatic N) is 1. The van der Waals surface area contributed by atoms with Crippen molar-refractivity contribution in [2.45, 2.75) is 33.1 Å². The van der Waals surface area contributed by atoms with Crippen LogP contribution in [0.3, 0.4) is 0 Å². The summed E-state index contributed by atoms with van der Waals surface area (Å²) < 4.78 is 4.82. The van der Waals surface area contributed by atoms with E-state index in [1.807, 2.05) is 0 Å². The minimum atomic E-state index is -0.0622. The van der Waals surface area contributed by atoms with Gasteiger partial charge in [-0.3, -0.25) is 4.79 Å². The second-order valence-electron chi connectivity index (χ2n) is 5.78. The molecule has 0 spiro atoms. The Morgan fingerprint density at radius 2 is 2.24 bits per heavy atom. The SMILES string of the molecule is COC(=O)C1CCCN(CCC(C)(C)CN)C1. The first-order chi connectivity index (χ1) is 7.98. The maximum absolute atomic E-state index is 11.5. The number of piperidine rings is 1. The average Bonchev–Trinajstić information content (AvgIpc) is 2.36. The molecule has 2 N–H and O–H groups in total. The molecule has 0 aromatic carbocycles. The number of carbonyl (C=O) groups excluding carboxylic acids is 1. The van der Waals surface area contributed by atoms with E-state index in [0.717, 1.165) is 38.9 Å². The number of ether oxygens (including phenoxy) is 1. The molecule has 1 unspecified atom stereocenters. The zero-order valence-corrected chi connectivity index (χ0v) is 11.4. The fourth-order valence-electron chi connectivity index (χ4n) is 2.18. The van der Waals surface area contributed by atoms with Gasteiger partial charge in [0.05, 0.1) is 13.0 Å². The summed E-state index contributed by atoms with van der Waals surface area (Å²) in [7, 11) is 1.47. The Labute approximate surface area is 104 Å². The Bertz CT molecular complexity index is 254. The van der Waals surface area contributed by atoms with Crippen LogP contribution in [-0.4, -0.2) is 44.2 Å². The Kier molecular flexibility index (Phi) is 5.40. The van der Waals surface area contributed by atoms with E-state index in [4.69, 9.17) is 10.5 Å². The van der Waals surface area contributed by atoms with E-state index in [2.05, 4.69) is 18.7 Å². The third-order valence-corrected chi connectivity index (χ3v) is 3.70. The quantitative estimate of drug-likeness (QED) is 0.737. The Morgan fingerprint density at radius 1 is 1.53 bits per heavy atom. The molecule has 1 heterocycles. The van der Waals surface area contributed by atoms with Gasteiger partial charge in [-0.1, -0.05) is 13.8 Å². The Morgan fingerprint density at radius 3 is 2.82 bits per heavy atom. The number of methoxy groups -OCH3 is 1. The molecule has 1 saturated heterocycles. The highest BCUT2D eigenvalue weighted by atomic mass is 16.5. The molecular weight excluding hydrogens is 216 g/mol. The highest BCUT2D eigenvalue weighted by Crippen LogP contribution is 2.22. The first-order valence-electron chi connectivity index (χ1n) is 6.49. The molecule has 1 atom stereocenters. The number of nitrogens with two attached hydrogens (primary N) is 1. The molecule has 0 radical (unpaired) electrons. The van der Waals surface area contributed by atoms with Crippen LogP contribution in [0.5, 0.6) is 0 Å². The van der Waals surface area contributed by atoms with Crippen LogP contribution in [0.4, 0.5) is 0 Å². The molecule has 17 heavy (non-hydrogen) atoms. The van der Waals surface area contributed by atoms with Gasteiger partial charge < -0.3 is 15.4 Å². The van der Waals surface area contributed by atoms with Crippen molar-refractivity contribution in [3.05, 3.63) is 0 Å². The average molecular weight is 242 g/mol. The Balaban J connectivity index is 2.37. The van der Waals surface area contributed by atoms with Gasteiger partial charge in [-0.05, 0) is 44.3 Å². The van der Waals surface area contributed by atoms with E-state index >= 15 is 0 Å². The second-order valence-corrected chi connectivity index (χ2v) is 5.78. The highest BCUT2D eigenvalue weighted by molar-refractivity contribution is 5.72. The number of carbonyl (C=O) groups is 1. The predicted molar refractivity (Wildman–Crippen MR) is 68.6 cm³/mol. The molecule has 100 valence electrons. The zero-order valence-electron chi connectivity index (χ0n) is 11.4. The summed E-state index contributed by atoms with van der Waals surface area (Å²) in [6, 6.07) is 0. The number of hydrogen-bond donors (Lipinski definition) is 1. The first kappa shape index (κ1) is 14.5. The number of esters is 1. The summed E-state index contributed by atoms with van der Waals surface area (Å²) in [6.07, 6.45) is 3.13. The van der Waals surface area contributed by atoms with Crippen molar-refractivity contribution in [2.75, 3.05) is 33.3 Å². The fourth-order valence-corrected chi connectivity index (χ4v) is 2.18. The summed E-state index contributed by atoms with van der Waals surface area (Å²) in [4.78, 5) is 13.9. The van der Waals surface area contributed by atoms with Crippen LogP contribution < -0.4 is 5.73 Å². The predicted octanol–water partition coefficient (Wildman–Crippen LogP) is 1.25. The summed E-state index contributed by atoms with van der Waals surface area (Å²) in [5.74, 6) is 0.00234. The van der Waals surface area contributed by atoms with Gasteiger partial charge in [-0.25, -0.2) is 0 Å². The molecule has 1 aliphatic heterocycles. The van der Waals surface area contributed by atoms with Crippen LogP contribution >= 0.6 is 0 Å². The van der Waals surface area contributed by atoms with Crippen molar-refractivity contribution >= 4 is 5.97 Å². The van der Waals surface area contributed by atoms with Crippen LogP contribution in [0.15, 0.2) is 0 Å². The third kappa shape index (κ3) is 4.64. The van der Waals surface area contributed by atoms with Crippen LogP contribution in [0.25, 0.3) is 0 Å². The molecule has 0 aliphatic carbocycles. The standard InChI is InChI=1S/C13H26N2O2/c1-13(2,10-14)6-8-15-7-4-5-11(9-15)12(16)17-3/h11H,4-10,14H2,1-3H3. The summed E-state index contributed by atoms with van der Waals surface area (Å²) >= 11 is 0. The van der Waals surface area contributed by atoms with Gasteiger partial charge in [-0.2, -0.15) is 0 Å². The lowest BCUT2D eigenvalue weighted by Gasteiger charge is -2.33. The molecule has 4 heteroatoms. The van der Waals surface area contributed by atoms with Crippen molar-refractivity contribution in [2.24, 2.45) is 17.1 Å². The highest BCUT2D eigenvalue weighted by Gasteiger charge is 2.27. The van der Waals surface area contributed by atoms with Gasteiger partial charge in [0.25, 0.3) is 0 Å². The molecular formula is C13H26N2O2. The van der Waals surface area contributed by atoms with Crippen LogP contribution in [0.1, 0.15) is 33.1 Å². The zero-order chi connectivity index (χ0) is 12.9. The van der Waals surface area contributed by atoms with Crippen LogP contribution in [0.2, 0.25) is 0 Å². The Hall–Kier alpha value is -0.610. The third-order valence-electron chi connectivity index (χ3n) is 3.70. The molecule has 1 rings (SSSR count). The molecule has 4 nitrogen and oxygen atoms in total. The maximum Gasteiger partial charge on any atom is 0.309 e. The van der Waals surface area contributed by atoms with Gasteiger partial charge in [0.1, 0.15) is 0 Å². The first-order valence-corrected chi connectivity index (χ1v) is 6.49. The summed E-state index contributed by atoms with van der Waals surface area (Å²) in [5, 5.41) is 0. The molecule has 0 aromatic heterocycles. The van der Waals surface area contributed by atoms with Crippen LogP contribution in [0, 0.1) is 11.3 Å². The minimum absolute atomic E-state index is 0.0622. The second kappa shape index (κ2) is 6.36. The van der Waals surface area contributed by atoms with E-state index in [-0.39, 0.29) is 17.3 Å². The minimum Gasteiger partial charge on any atom is -0.469 e. The maximum atomic E-state index is 11.5. The number of rotatable bonds is 5. The van der Waals surface area contributed by atoms with Crippen molar-refractivity contribution in [1.29, 1.82) is 0 Å². The van der Waals surface area contributed by atoms with Crippen molar-refractivity contribution in [3.63, 3.8) is 0 Å². The van der Waals surface area contributed by atoms with Gasteiger partial charge in [-0.15, -0.1) is 0 Å². The van der Waals surface area contributed by atoms with Gasteiger partial charge in [0.2, 0.25) is 0 Å². The lowest BCUT2D eigenvalue weighted by molar-refractivity contribution is -0.147. The summed E-state index contributed by atoms with van der Waals surface area (Å²) in [5.41, 5.74) is 5.92. The number of likely N-dealkylation sites (tertiary alicyclic amines) is 1. The molecule has 0 aromatic rings. The van der Waals surface area contributed by atoms with E-state index in [1.54, 1.807) is 0 Å². The molecule has 1 aliphatic rings. The lowest BCUT2D eigenvalue weighted by Crippen LogP contribution is -2.41.